The number of aliphatic hydroxyl groups is 1. The van der Waals surface area contributed by atoms with Crippen molar-refractivity contribution in [3.8, 4) is 11.1 Å². The first-order chi connectivity index (χ1) is 10.2. The summed E-state index contributed by atoms with van der Waals surface area (Å²) in [4.78, 5) is 17.7. The summed E-state index contributed by atoms with van der Waals surface area (Å²) in [7, 11) is 0. The third kappa shape index (κ3) is 2.62. The van der Waals surface area contributed by atoms with Crippen LogP contribution in [0.3, 0.4) is 0 Å². The minimum Gasteiger partial charge on any atom is -0.396 e. The Morgan fingerprint density at radius 2 is 2.05 bits per heavy atom. The van der Waals surface area contributed by atoms with Gasteiger partial charge in [0.15, 0.2) is 0 Å². The van der Waals surface area contributed by atoms with E-state index in [9.17, 15) is 4.79 Å². The van der Waals surface area contributed by atoms with Gasteiger partial charge < -0.3 is 5.11 Å². The normalized spacial score (nSPS) is 11.1. The second-order valence-corrected chi connectivity index (χ2v) is 5.87. The van der Waals surface area contributed by atoms with Crippen LogP contribution < -0.4 is 5.56 Å². The number of nitrogens with zero attached hydrogens (tertiary/aromatic N) is 2. The van der Waals surface area contributed by atoms with E-state index in [1.807, 2.05) is 36.6 Å². The minimum atomic E-state index is -0.0368. The van der Waals surface area contributed by atoms with Gasteiger partial charge in [0.05, 0.1) is 11.7 Å². The molecule has 0 unspecified atom stereocenters. The molecule has 5 heteroatoms. The largest absolute Gasteiger partial charge is 0.396 e. The molecule has 0 radical (unpaired) electrons. The number of rotatable bonds is 4. The number of fused-ring (bicyclic) bond motifs is 1. The second kappa shape index (κ2) is 5.79. The lowest BCUT2D eigenvalue weighted by atomic mass is 10.1. The Bertz CT molecular complexity index is 818. The van der Waals surface area contributed by atoms with Gasteiger partial charge in [-0.15, -0.1) is 11.3 Å². The molecule has 0 aliphatic carbocycles. The van der Waals surface area contributed by atoms with E-state index in [1.165, 1.54) is 16.9 Å². The molecule has 0 aliphatic rings. The van der Waals surface area contributed by atoms with Gasteiger partial charge in [0.2, 0.25) is 0 Å². The number of aromatic nitrogens is 2. The minimum absolute atomic E-state index is 0.0368. The third-order valence-corrected chi connectivity index (χ3v) is 4.37. The first-order valence-corrected chi connectivity index (χ1v) is 7.73. The van der Waals surface area contributed by atoms with Gasteiger partial charge in [0, 0.05) is 24.1 Å². The Morgan fingerprint density at radius 3 is 2.76 bits per heavy atom. The van der Waals surface area contributed by atoms with Crippen molar-refractivity contribution >= 4 is 21.6 Å². The Morgan fingerprint density at radius 1 is 1.29 bits per heavy atom. The average Bonchev–Trinajstić information content (AvgIpc) is 2.92. The highest BCUT2D eigenvalue weighted by Gasteiger charge is 2.12. The van der Waals surface area contributed by atoms with Gasteiger partial charge >= 0.3 is 0 Å². The summed E-state index contributed by atoms with van der Waals surface area (Å²) in [6, 6.07) is 8.14. The van der Waals surface area contributed by atoms with Crippen molar-refractivity contribution in [2.75, 3.05) is 6.61 Å². The summed E-state index contributed by atoms with van der Waals surface area (Å²) >= 11 is 1.49. The van der Waals surface area contributed by atoms with Gasteiger partial charge in [-0.1, -0.05) is 29.8 Å². The molecular weight excluding hydrogens is 284 g/mol. The van der Waals surface area contributed by atoms with Gasteiger partial charge in [0.1, 0.15) is 4.83 Å². The summed E-state index contributed by atoms with van der Waals surface area (Å²) in [6.07, 6.45) is 2.12. The molecule has 2 heterocycles. The summed E-state index contributed by atoms with van der Waals surface area (Å²) in [6.45, 7) is 2.60. The predicted molar refractivity (Wildman–Crippen MR) is 85.8 cm³/mol. The van der Waals surface area contributed by atoms with Crippen LogP contribution in [0.2, 0.25) is 0 Å². The molecule has 21 heavy (non-hydrogen) atoms. The number of aryl methyl sites for hydroxylation is 2. The molecule has 3 rings (SSSR count). The SMILES string of the molecule is Cc1ccc(-c2csc3ncn(CCCO)c(=O)c23)cc1. The molecule has 4 nitrogen and oxygen atoms in total. The number of thiophene rings is 1. The quantitative estimate of drug-likeness (QED) is 0.806. The Labute approximate surface area is 126 Å². The third-order valence-electron chi connectivity index (χ3n) is 3.48. The van der Waals surface area contributed by atoms with E-state index in [-0.39, 0.29) is 12.2 Å². The molecule has 1 aromatic carbocycles. The molecule has 0 fully saturated rings. The number of hydrogen-bond acceptors (Lipinski definition) is 4. The summed E-state index contributed by atoms with van der Waals surface area (Å²) in [5.41, 5.74) is 3.12. The zero-order valence-corrected chi connectivity index (χ0v) is 12.6. The Kier molecular flexibility index (Phi) is 3.86. The van der Waals surface area contributed by atoms with Crippen molar-refractivity contribution in [2.24, 2.45) is 0 Å². The van der Waals surface area contributed by atoms with Crippen molar-refractivity contribution < 1.29 is 5.11 Å². The highest BCUT2D eigenvalue weighted by molar-refractivity contribution is 7.17. The number of hydrogen-bond donors (Lipinski definition) is 1. The lowest BCUT2D eigenvalue weighted by Crippen LogP contribution is -2.20. The molecular formula is C16H16N2O2S. The second-order valence-electron chi connectivity index (χ2n) is 5.02. The van der Waals surface area contributed by atoms with Crippen LogP contribution in [0.4, 0.5) is 0 Å². The van der Waals surface area contributed by atoms with Crippen LogP contribution >= 0.6 is 11.3 Å². The number of benzene rings is 1. The van der Waals surface area contributed by atoms with Crippen LogP contribution in [0, 0.1) is 6.92 Å². The van der Waals surface area contributed by atoms with Crippen molar-refractivity contribution in [1.82, 2.24) is 9.55 Å². The maximum Gasteiger partial charge on any atom is 0.262 e. The van der Waals surface area contributed by atoms with Gasteiger partial charge in [-0.25, -0.2) is 4.98 Å². The Balaban J connectivity index is 2.15. The maximum atomic E-state index is 12.6. The molecule has 0 amide bonds. The molecule has 108 valence electrons. The first kappa shape index (κ1) is 14.0. The van der Waals surface area contributed by atoms with E-state index < -0.39 is 0 Å². The van der Waals surface area contributed by atoms with Crippen LogP contribution in [0.15, 0.2) is 40.8 Å². The summed E-state index contributed by atoms with van der Waals surface area (Å²) in [5, 5.41) is 11.6. The molecule has 0 atom stereocenters. The van der Waals surface area contributed by atoms with E-state index in [1.54, 1.807) is 10.9 Å². The fourth-order valence-electron chi connectivity index (χ4n) is 2.31. The van der Waals surface area contributed by atoms with Gasteiger partial charge in [-0.3, -0.25) is 9.36 Å². The molecule has 1 N–H and O–H groups in total. The molecule has 2 aromatic heterocycles. The lowest BCUT2D eigenvalue weighted by Gasteiger charge is -2.05. The topological polar surface area (TPSA) is 55.1 Å². The monoisotopic (exact) mass is 300 g/mol. The number of aliphatic hydroxyl groups excluding tert-OH is 1. The van der Waals surface area contributed by atoms with E-state index in [0.29, 0.717) is 18.4 Å². The van der Waals surface area contributed by atoms with Gasteiger partial charge in [-0.05, 0) is 18.9 Å². The van der Waals surface area contributed by atoms with Gasteiger partial charge in [0.25, 0.3) is 5.56 Å². The van der Waals surface area contributed by atoms with Crippen molar-refractivity contribution in [1.29, 1.82) is 0 Å². The van der Waals surface area contributed by atoms with Crippen molar-refractivity contribution in [2.45, 2.75) is 19.9 Å². The molecule has 0 saturated heterocycles. The average molecular weight is 300 g/mol. The highest BCUT2D eigenvalue weighted by atomic mass is 32.1. The van der Waals surface area contributed by atoms with E-state index in [2.05, 4.69) is 4.98 Å². The zero-order valence-electron chi connectivity index (χ0n) is 11.7. The molecule has 3 aromatic rings. The maximum absolute atomic E-state index is 12.6. The van der Waals surface area contributed by atoms with Crippen molar-refractivity contribution in [3.63, 3.8) is 0 Å². The Hall–Kier alpha value is -1.98. The van der Waals surface area contributed by atoms with Crippen LogP contribution in [0.25, 0.3) is 21.3 Å². The van der Waals surface area contributed by atoms with Crippen LogP contribution in [0.5, 0.6) is 0 Å². The van der Waals surface area contributed by atoms with Crippen LogP contribution in [0.1, 0.15) is 12.0 Å². The van der Waals surface area contributed by atoms with Crippen molar-refractivity contribution in [3.05, 3.63) is 51.9 Å². The highest BCUT2D eigenvalue weighted by Crippen LogP contribution is 2.30. The summed E-state index contributed by atoms with van der Waals surface area (Å²) < 4.78 is 1.57. The molecule has 0 aliphatic heterocycles. The van der Waals surface area contributed by atoms with Crippen LogP contribution in [-0.4, -0.2) is 21.3 Å². The van der Waals surface area contributed by atoms with E-state index in [4.69, 9.17) is 5.11 Å². The van der Waals surface area contributed by atoms with Gasteiger partial charge in [-0.2, -0.15) is 0 Å². The van der Waals surface area contributed by atoms with E-state index >= 15 is 0 Å². The summed E-state index contributed by atoms with van der Waals surface area (Å²) in [5.74, 6) is 0. The molecule has 0 spiro atoms. The van der Waals surface area contributed by atoms with Crippen LogP contribution in [-0.2, 0) is 6.54 Å². The molecule has 0 saturated carbocycles. The lowest BCUT2D eigenvalue weighted by molar-refractivity contribution is 0.279. The van der Waals surface area contributed by atoms with E-state index in [0.717, 1.165) is 16.0 Å². The smallest absolute Gasteiger partial charge is 0.262 e. The fraction of sp³-hybridized carbons (Fsp3) is 0.250. The predicted octanol–water partition coefficient (Wildman–Crippen LogP) is 2.82. The zero-order chi connectivity index (χ0) is 14.8. The standard InChI is InChI=1S/C16H16N2O2S/c1-11-3-5-12(6-4-11)13-9-21-15-14(13)16(20)18(10-17-15)7-2-8-19/h3-6,9-10,19H,2,7-8H2,1H3. The molecule has 0 bridgehead atoms. The fourth-order valence-corrected chi connectivity index (χ4v) is 3.22. The first-order valence-electron chi connectivity index (χ1n) is 6.85.